The summed E-state index contributed by atoms with van der Waals surface area (Å²) >= 11 is 0. The van der Waals surface area contributed by atoms with E-state index in [1.54, 1.807) is 12.1 Å². The molecule has 2 unspecified atom stereocenters. The van der Waals surface area contributed by atoms with Gasteiger partial charge in [0.15, 0.2) is 0 Å². The van der Waals surface area contributed by atoms with Crippen molar-refractivity contribution in [1.29, 1.82) is 5.26 Å². The highest BCUT2D eigenvalue weighted by molar-refractivity contribution is 5.32. The van der Waals surface area contributed by atoms with Gasteiger partial charge in [0.05, 0.1) is 11.6 Å². The molecule has 0 amide bonds. The average molecular weight is 236 g/mol. The Labute approximate surface area is 101 Å². The molecule has 4 heteroatoms. The maximum absolute atomic E-state index is 13.5. The highest BCUT2D eigenvalue weighted by atomic mass is 19.1. The molecule has 0 aliphatic carbocycles. The van der Waals surface area contributed by atoms with Crippen LogP contribution in [-0.2, 0) is 6.54 Å². The van der Waals surface area contributed by atoms with Gasteiger partial charge in [-0.25, -0.2) is 4.39 Å². The molecule has 92 valence electrons. The molecule has 2 atom stereocenters. The van der Waals surface area contributed by atoms with E-state index in [1.807, 2.05) is 19.9 Å². The fourth-order valence-electron chi connectivity index (χ4n) is 1.39. The Kier molecular flexibility index (Phi) is 5.08. The van der Waals surface area contributed by atoms with E-state index in [1.165, 1.54) is 6.07 Å². The van der Waals surface area contributed by atoms with E-state index in [-0.39, 0.29) is 24.4 Å². The fourth-order valence-corrected chi connectivity index (χ4v) is 1.39. The van der Waals surface area contributed by atoms with Crippen LogP contribution in [0.1, 0.15) is 25.0 Å². The summed E-state index contributed by atoms with van der Waals surface area (Å²) in [6, 6.07) is 6.44. The van der Waals surface area contributed by atoms with Crippen molar-refractivity contribution in [3.8, 4) is 6.07 Å². The molecule has 0 bridgehead atoms. The number of rotatable bonds is 5. The molecule has 0 fully saturated rings. The quantitative estimate of drug-likeness (QED) is 0.819. The number of benzene rings is 1. The van der Waals surface area contributed by atoms with Crippen molar-refractivity contribution in [3.05, 3.63) is 35.1 Å². The Hall–Kier alpha value is -1.44. The molecule has 0 heterocycles. The molecule has 0 saturated heterocycles. The lowest BCUT2D eigenvalue weighted by Gasteiger charge is -2.19. The topological polar surface area (TPSA) is 56.0 Å². The fraction of sp³-hybridized carbons (Fsp3) is 0.462. The smallest absolute Gasteiger partial charge is 0.129 e. The summed E-state index contributed by atoms with van der Waals surface area (Å²) in [5.41, 5.74) is 0.851. The second-order valence-corrected chi connectivity index (χ2v) is 4.25. The van der Waals surface area contributed by atoms with Crippen molar-refractivity contribution in [2.45, 2.75) is 26.4 Å². The maximum Gasteiger partial charge on any atom is 0.129 e. The number of nitriles is 1. The highest BCUT2D eigenvalue weighted by Crippen LogP contribution is 2.11. The van der Waals surface area contributed by atoms with E-state index in [9.17, 15) is 4.39 Å². The highest BCUT2D eigenvalue weighted by Gasteiger charge is 2.11. The maximum atomic E-state index is 13.5. The third-order valence-electron chi connectivity index (χ3n) is 2.94. The summed E-state index contributed by atoms with van der Waals surface area (Å²) in [7, 11) is 0. The van der Waals surface area contributed by atoms with E-state index in [2.05, 4.69) is 5.32 Å². The molecule has 2 N–H and O–H groups in total. The summed E-state index contributed by atoms with van der Waals surface area (Å²) in [5, 5.41) is 20.7. The van der Waals surface area contributed by atoms with Crippen molar-refractivity contribution >= 4 is 0 Å². The van der Waals surface area contributed by atoms with Crippen molar-refractivity contribution < 1.29 is 9.50 Å². The predicted octanol–water partition coefficient (Wildman–Crippen LogP) is 1.80. The molecular weight excluding hydrogens is 219 g/mol. The van der Waals surface area contributed by atoms with Crippen LogP contribution in [0.4, 0.5) is 4.39 Å². The molecule has 1 aromatic carbocycles. The Balaban J connectivity index is 2.61. The van der Waals surface area contributed by atoms with Gasteiger partial charge in [0.1, 0.15) is 5.82 Å². The molecule has 0 aliphatic heterocycles. The van der Waals surface area contributed by atoms with Crippen LogP contribution in [0.3, 0.4) is 0 Å². The standard InChI is InChI=1S/C13H17FN2O/c1-9(8-17)10(2)16-7-12-4-3-11(6-15)5-13(12)14/h3-5,9-10,16-17H,7-8H2,1-2H3. The summed E-state index contributed by atoms with van der Waals surface area (Å²) in [6.07, 6.45) is 0. The molecule has 3 nitrogen and oxygen atoms in total. The van der Waals surface area contributed by atoms with Crippen molar-refractivity contribution in [1.82, 2.24) is 5.32 Å². The van der Waals surface area contributed by atoms with Gasteiger partial charge in [0.25, 0.3) is 0 Å². The first kappa shape index (κ1) is 13.6. The van der Waals surface area contributed by atoms with Crippen molar-refractivity contribution in [2.75, 3.05) is 6.61 Å². The van der Waals surface area contributed by atoms with Crippen LogP contribution in [0.25, 0.3) is 0 Å². The zero-order chi connectivity index (χ0) is 12.8. The van der Waals surface area contributed by atoms with E-state index < -0.39 is 0 Å². The van der Waals surface area contributed by atoms with Crippen LogP contribution in [0.2, 0.25) is 0 Å². The van der Waals surface area contributed by atoms with E-state index in [0.29, 0.717) is 17.7 Å². The Bertz CT molecular complexity index is 414. The molecule has 0 aromatic heterocycles. The van der Waals surface area contributed by atoms with E-state index in [0.717, 1.165) is 0 Å². The Morgan fingerprint density at radius 3 is 2.71 bits per heavy atom. The van der Waals surface area contributed by atoms with Gasteiger partial charge in [-0.3, -0.25) is 0 Å². The van der Waals surface area contributed by atoms with Crippen molar-refractivity contribution in [2.24, 2.45) is 5.92 Å². The minimum atomic E-state index is -0.375. The summed E-state index contributed by atoms with van der Waals surface area (Å²) in [4.78, 5) is 0. The van der Waals surface area contributed by atoms with Crippen LogP contribution >= 0.6 is 0 Å². The van der Waals surface area contributed by atoms with Gasteiger partial charge < -0.3 is 10.4 Å². The third kappa shape index (κ3) is 3.81. The third-order valence-corrected chi connectivity index (χ3v) is 2.94. The molecule has 1 rings (SSSR count). The normalized spacial score (nSPS) is 14.1. The van der Waals surface area contributed by atoms with Crippen LogP contribution < -0.4 is 5.32 Å². The first-order valence-corrected chi connectivity index (χ1v) is 5.61. The lowest BCUT2D eigenvalue weighted by Crippen LogP contribution is -2.33. The van der Waals surface area contributed by atoms with Crippen LogP contribution in [0, 0.1) is 23.1 Å². The van der Waals surface area contributed by atoms with Crippen LogP contribution in [0.5, 0.6) is 0 Å². The molecule has 0 saturated carbocycles. The predicted molar refractivity (Wildman–Crippen MR) is 63.7 cm³/mol. The number of nitrogens with one attached hydrogen (secondary N) is 1. The van der Waals surface area contributed by atoms with Crippen molar-refractivity contribution in [3.63, 3.8) is 0 Å². The van der Waals surface area contributed by atoms with Gasteiger partial charge in [-0.2, -0.15) is 5.26 Å². The van der Waals surface area contributed by atoms with Crippen LogP contribution in [0.15, 0.2) is 18.2 Å². The number of hydrogen-bond donors (Lipinski definition) is 2. The largest absolute Gasteiger partial charge is 0.396 e. The minimum Gasteiger partial charge on any atom is -0.396 e. The van der Waals surface area contributed by atoms with Crippen LogP contribution in [-0.4, -0.2) is 17.8 Å². The number of hydrogen-bond acceptors (Lipinski definition) is 3. The summed E-state index contributed by atoms with van der Waals surface area (Å²) < 4.78 is 13.5. The summed E-state index contributed by atoms with van der Waals surface area (Å²) in [6.45, 7) is 4.36. The molecule has 1 aromatic rings. The van der Waals surface area contributed by atoms with E-state index >= 15 is 0 Å². The van der Waals surface area contributed by atoms with Gasteiger partial charge in [-0.05, 0) is 25.0 Å². The monoisotopic (exact) mass is 236 g/mol. The first-order chi connectivity index (χ1) is 8.08. The zero-order valence-electron chi connectivity index (χ0n) is 10.1. The second kappa shape index (κ2) is 6.33. The Morgan fingerprint density at radius 2 is 2.18 bits per heavy atom. The lowest BCUT2D eigenvalue weighted by atomic mass is 10.0. The molecule has 0 spiro atoms. The number of nitrogens with zero attached hydrogens (tertiary/aromatic N) is 1. The SMILES string of the molecule is CC(CO)C(C)NCc1ccc(C#N)cc1F. The second-order valence-electron chi connectivity index (χ2n) is 4.25. The van der Waals surface area contributed by atoms with E-state index in [4.69, 9.17) is 10.4 Å². The zero-order valence-corrected chi connectivity index (χ0v) is 10.1. The first-order valence-electron chi connectivity index (χ1n) is 5.61. The van der Waals surface area contributed by atoms with Gasteiger partial charge >= 0.3 is 0 Å². The molecule has 0 aliphatic rings. The van der Waals surface area contributed by atoms with Gasteiger partial charge in [-0.15, -0.1) is 0 Å². The van der Waals surface area contributed by atoms with Gasteiger partial charge in [0, 0.05) is 24.8 Å². The van der Waals surface area contributed by atoms with Gasteiger partial charge in [0.2, 0.25) is 0 Å². The number of halogens is 1. The molecule has 17 heavy (non-hydrogen) atoms. The average Bonchev–Trinajstić information content (AvgIpc) is 2.35. The Morgan fingerprint density at radius 1 is 1.47 bits per heavy atom. The number of aliphatic hydroxyl groups is 1. The molecule has 0 radical (unpaired) electrons. The molecular formula is C13H17FN2O. The minimum absolute atomic E-state index is 0.101. The van der Waals surface area contributed by atoms with Gasteiger partial charge in [-0.1, -0.05) is 13.0 Å². The summed E-state index contributed by atoms with van der Waals surface area (Å²) in [5.74, 6) is -0.253. The number of aliphatic hydroxyl groups excluding tert-OH is 1. The lowest BCUT2D eigenvalue weighted by molar-refractivity contribution is 0.207.